The van der Waals surface area contributed by atoms with Crippen LogP contribution in [0.2, 0.25) is 0 Å². The van der Waals surface area contributed by atoms with Gasteiger partial charge in [0.1, 0.15) is 17.5 Å². The molecule has 2 fully saturated rings. The van der Waals surface area contributed by atoms with Crippen molar-refractivity contribution in [2.75, 3.05) is 0 Å². The van der Waals surface area contributed by atoms with Gasteiger partial charge in [-0.3, -0.25) is 4.79 Å². The monoisotopic (exact) mass is 348 g/mol. The average Bonchev–Trinajstić information content (AvgIpc) is 3.09. The SMILES string of the molecule is Cc1coc2c1[C@H](OC(=O)CC(C)C)[C@@]1(C)[C@@]3(C2)O[C@H]3CC[C@@]1(C)O. The van der Waals surface area contributed by atoms with Gasteiger partial charge in [-0.05, 0) is 38.2 Å². The number of carbonyl (C=O) groups excluding carboxylic acids is 1. The van der Waals surface area contributed by atoms with E-state index >= 15 is 0 Å². The summed E-state index contributed by atoms with van der Waals surface area (Å²) in [4.78, 5) is 12.5. The maximum absolute atomic E-state index is 12.5. The van der Waals surface area contributed by atoms with Crippen molar-refractivity contribution in [2.45, 2.75) is 83.7 Å². The van der Waals surface area contributed by atoms with Gasteiger partial charge in [-0.15, -0.1) is 0 Å². The normalized spacial score (nSPS) is 41.7. The molecule has 3 aliphatic rings. The van der Waals surface area contributed by atoms with Crippen LogP contribution in [0.25, 0.3) is 0 Å². The molecule has 138 valence electrons. The largest absolute Gasteiger partial charge is 0.469 e. The second-order valence-corrected chi connectivity index (χ2v) is 8.91. The molecule has 25 heavy (non-hydrogen) atoms. The highest BCUT2D eigenvalue weighted by Gasteiger charge is 2.79. The summed E-state index contributed by atoms with van der Waals surface area (Å²) in [6.07, 6.45) is 3.72. The van der Waals surface area contributed by atoms with E-state index in [2.05, 4.69) is 0 Å². The molecule has 2 aliphatic carbocycles. The Labute approximate surface area is 148 Å². The number of hydrogen-bond acceptors (Lipinski definition) is 5. The molecule has 0 radical (unpaired) electrons. The van der Waals surface area contributed by atoms with E-state index in [-0.39, 0.29) is 18.0 Å². The number of carbonyl (C=O) groups is 1. The van der Waals surface area contributed by atoms with Crippen LogP contribution in [0, 0.1) is 18.3 Å². The van der Waals surface area contributed by atoms with Gasteiger partial charge in [0.25, 0.3) is 0 Å². The number of hydrogen-bond donors (Lipinski definition) is 1. The third-order valence-corrected chi connectivity index (χ3v) is 6.84. The zero-order valence-electron chi connectivity index (χ0n) is 15.7. The maximum atomic E-state index is 12.5. The van der Waals surface area contributed by atoms with E-state index in [1.165, 1.54) is 0 Å². The Balaban J connectivity index is 1.82. The minimum Gasteiger partial charge on any atom is -0.469 e. The van der Waals surface area contributed by atoms with Crippen LogP contribution in [-0.2, 0) is 20.7 Å². The zero-order chi connectivity index (χ0) is 18.2. The van der Waals surface area contributed by atoms with Gasteiger partial charge in [-0.25, -0.2) is 0 Å². The Morgan fingerprint density at radius 2 is 2.16 bits per heavy atom. The van der Waals surface area contributed by atoms with Crippen LogP contribution in [0.15, 0.2) is 10.7 Å². The molecule has 0 aromatic carbocycles. The third kappa shape index (κ3) is 2.12. The molecule has 1 aromatic heterocycles. The number of ether oxygens (including phenoxy) is 2. The van der Waals surface area contributed by atoms with Crippen molar-refractivity contribution >= 4 is 5.97 Å². The average molecular weight is 348 g/mol. The lowest BCUT2D eigenvalue weighted by atomic mass is 9.51. The Morgan fingerprint density at radius 1 is 1.44 bits per heavy atom. The van der Waals surface area contributed by atoms with E-state index in [0.29, 0.717) is 19.3 Å². The first-order valence-corrected chi connectivity index (χ1v) is 9.29. The molecule has 1 N–H and O–H groups in total. The number of rotatable bonds is 3. The molecular weight excluding hydrogens is 320 g/mol. The Morgan fingerprint density at radius 3 is 2.84 bits per heavy atom. The van der Waals surface area contributed by atoms with Gasteiger partial charge in [0, 0.05) is 18.4 Å². The first-order chi connectivity index (χ1) is 11.6. The summed E-state index contributed by atoms with van der Waals surface area (Å²) in [6.45, 7) is 9.84. The summed E-state index contributed by atoms with van der Waals surface area (Å²) < 4.78 is 18.0. The summed E-state index contributed by atoms with van der Waals surface area (Å²) in [5, 5.41) is 11.3. The van der Waals surface area contributed by atoms with Crippen LogP contribution >= 0.6 is 0 Å². The summed E-state index contributed by atoms with van der Waals surface area (Å²) in [6, 6.07) is 0. The number of esters is 1. The second-order valence-electron chi connectivity index (χ2n) is 8.91. The summed E-state index contributed by atoms with van der Waals surface area (Å²) in [5.74, 6) is 0.820. The predicted octanol–water partition coefficient (Wildman–Crippen LogP) is 3.46. The van der Waals surface area contributed by atoms with Crippen molar-refractivity contribution in [2.24, 2.45) is 11.3 Å². The summed E-state index contributed by atoms with van der Waals surface area (Å²) in [5.41, 5.74) is -0.301. The van der Waals surface area contributed by atoms with E-state index in [0.717, 1.165) is 23.3 Å². The highest BCUT2D eigenvalue weighted by Crippen LogP contribution is 2.70. The molecule has 1 aliphatic heterocycles. The molecule has 0 amide bonds. The Kier molecular flexibility index (Phi) is 3.49. The molecule has 5 nitrogen and oxygen atoms in total. The lowest BCUT2D eigenvalue weighted by molar-refractivity contribution is -0.203. The summed E-state index contributed by atoms with van der Waals surface area (Å²) >= 11 is 0. The highest BCUT2D eigenvalue weighted by molar-refractivity contribution is 5.70. The molecule has 1 spiro atoms. The van der Waals surface area contributed by atoms with E-state index in [1.807, 2.05) is 34.6 Å². The van der Waals surface area contributed by atoms with Crippen LogP contribution < -0.4 is 0 Å². The van der Waals surface area contributed by atoms with Crippen molar-refractivity contribution in [3.8, 4) is 0 Å². The van der Waals surface area contributed by atoms with Crippen LogP contribution in [0.1, 0.15) is 69.9 Å². The first-order valence-electron chi connectivity index (χ1n) is 9.29. The molecule has 2 heterocycles. The molecule has 1 saturated carbocycles. The number of furan rings is 1. The van der Waals surface area contributed by atoms with Crippen molar-refractivity contribution in [3.05, 3.63) is 23.2 Å². The van der Waals surface area contributed by atoms with E-state index in [1.54, 1.807) is 6.26 Å². The standard InChI is InChI=1S/C20H28O5/c1-11(2)8-15(21)24-17-16-12(3)10-23-13(16)9-20-14(25-20)6-7-18(4,22)19(17,20)5/h10-11,14,17,22H,6-9H2,1-5H3/t14-,17-,18+,19+,20-/m0/s1. The quantitative estimate of drug-likeness (QED) is 0.669. The Hall–Kier alpha value is -1.33. The number of aryl methyl sites for hydroxylation is 1. The molecule has 4 rings (SSSR count). The highest BCUT2D eigenvalue weighted by atomic mass is 16.6. The second kappa shape index (κ2) is 5.10. The molecule has 0 bridgehead atoms. The summed E-state index contributed by atoms with van der Waals surface area (Å²) in [7, 11) is 0. The number of aliphatic hydroxyl groups is 1. The minimum absolute atomic E-state index is 0.0996. The zero-order valence-corrected chi connectivity index (χ0v) is 15.7. The fourth-order valence-corrected chi connectivity index (χ4v) is 5.15. The Bertz CT molecular complexity index is 718. The van der Waals surface area contributed by atoms with E-state index in [9.17, 15) is 9.90 Å². The van der Waals surface area contributed by atoms with Gasteiger partial charge >= 0.3 is 5.97 Å². The van der Waals surface area contributed by atoms with Gasteiger partial charge < -0.3 is 19.0 Å². The predicted molar refractivity (Wildman–Crippen MR) is 91.0 cm³/mol. The van der Waals surface area contributed by atoms with Crippen LogP contribution in [0.3, 0.4) is 0 Å². The molecule has 1 saturated heterocycles. The molecule has 5 atom stereocenters. The fourth-order valence-electron chi connectivity index (χ4n) is 5.15. The van der Waals surface area contributed by atoms with Crippen LogP contribution in [0.4, 0.5) is 0 Å². The van der Waals surface area contributed by atoms with Crippen molar-refractivity contribution in [3.63, 3.8) is 0 Å². The molecular formula is C20H28O5. The lowest BCUT2D eigenvalue weighted by Crippen LogP contribution is -2.63. The van der Waals surface area contributed by atoms with E-state index in [4.69, 9.17) is 13.9 Å². The fraction of sp³-hybridized carbons (Fsp3) is 0.750. The molecule has 0 unspecified atom stereocenters. The first kappa shape index (κ1) is 17.1. The maximum Gasteiger partial charge on any atom is 0.306 e. The van der Waals surface area contributed by atoms with E-state index < -0.39 is 22.7 Å². The minimum atomic E-state index is -0.982. The van der Waals surface area contributed by atoms with Gasteiger partial charge in [-0.1, -0.05) is 20.8 Å². The smallest absolute Gasteiger partial charge is 0.306 e. The van der Waals surface area contributed by atoms with Crippen molar-refractivity contribution in [1.82, 2.24) is 0 Å². The number of fused-ring (bicyclic) bond motifs is 1. The van der Waals surface area contributed by atoms with Gasteiger partial charge in [0.2, 0.25) is 0 Å². The van der Waals surface area contributed by atoms with Gasteiger partial charge in [-0.2, -0.15) is 0 Å². The van der Waals surface area contributed by atoms with Gasteiger partial charge in [0.05, 0.1) is 23.4 Å². The van der Waals surface area contributed by atoms with Crippen LogP contribution in [0.5, 0.6) is 0 Å². The van der Waals surface area contributed by atoms with Crippen LogP contribution in [-0.4, -0.2) is 28.4 Å². The topological polar surface area (TPSA) is 72.2 Å². The molecule has 1 aromatic rings. The number of epoxide rings is 1. The van der Waals surface area contributed by atoms with Crippen molar-refractivity contribution < 1.29 is 23.8 Å². The third-order valence-electron chi connectivity index (χ3n) is 6.84. The lowest BCUT2D eigenvalue weighted by Gasteiger charge is -2.54. The van der Waals surface area contributed by atoms with Gasteiger partial charge in [0.15, 0.2) is 0 Å². The molecule has 5 heteroatoms. The van der Waals surface area contributed by atoms with Crippen molar-refractivity contribution in [1.29, 1.82) is 0 Å².